The van der Waals surface area contributed by atoms with Gasteiger partial charge in [-0.2, -0.15) is 0 Å². The van der Waals surface area contributed by atoms with Crippen molar-refractivity contribution in [1.29, 1.82) is 0 Å². The largest absolute Gasteiger partial charge is 0.494 e. The molecule has 0 amide bonds. The molecule has 0 fully saturated rings. The van der Waals surface area contributed by atoms with Crippen LogP contribution in [0.4, 0.5) is 0 Å². The fourth-order valence-corrected chi connectivity index (χ4v) is 7.49. The second-order valence-corrected chi connectivity index (χ2v) is 15.3. The Bertz CT molecular complexity index is 1850. The molecule has 0 aliphatic rings. The first-order chi connectivity index (χ1) is 26.4. The van der Waals surface area contributed by atoms with E-state index in [1.165, 1.54) is 94.8 Å². The highest BCUT2D eigenvalue weighted by Crippen LogP contribution is 2.37. The number of hydrogen-bond donors (Lipinski definition) is 0. The summed E-state index contributed by atoms with van der Waals surface area (Å²) in [6.45, 7) is 7.49. The van der Waals surface area contributed by atoms with E-state index in [0.29, 0.717) is 34.1 Å². The molecule has 0 aliphatic carbocycles. The Hall–Kier alpha value is -4.14. The van der Waals surface area contributed by atoms with Crippen molar-refractivity contribution in [2.75, 3.05) is 13.2 Å². The SMILES string of the molecule is CCCCCCCCCCOc1ccc(-c2ccc(OC(=O)c3cc4oc5cc(OC(=O)C(C)OCCCCCCCCCC)ccc5c4s3)cc2)cc1. The molecule has 54 heavy (non-hydrogen) atoms. The van der Waals surface area contributed by atoms with Crippen LogP contribution in [-0.4, -0.2) is 31.3 Å². The Morgan fingerprint density at radius 2 is 1.13 bits per heavy atom. The highest BCUT2D eigenvalue weighted by atomic mass is 32.1. The second-order valence-electron chi connectivity index (χ2n) is 14.2. The van der Waals surface area contributed by atoms with Crippen molar-refractivity contribution in [2.45, 2.75) is 130 Å². The summed E-state index contributed by atoms with van der Waals surface area (Å²) in [6, 6.07) is 22.6. The van der Waals surface area contributed by atoms with Gasteiger partial charge in [0.1, 0.15) is 33.3 Å². The number of furan rings is 1. The van der Waals surface area contributed by atoms with Crippen molar-refractivity contribution in [3.8, 4) is 28.4 Å². The maximum atomic E-state index is 13.1. The molecule has 2 heterocycles. The van der Waals surface area contributed by atoms with Crippen molar-refractivity contribution in [3.05, 3.63) is 77.7 Å². The molecule has 290 valence electrons. The molecule has 7 nitrogen and oxygen atoms in total. The Kier molecular flexibility index (Phi) is 16.9. The summed E-state index contributed by atoms with van der Waals surface area (Å²) in [5.41, 5.74) is 3.24. The molecular weight excluding hydrogens is 697 g/mol. The lowest BCUT2D eigenvalue weighted by atomic mass is 10.1. The lowest BCUT2D eigenvalue weighted by Crippen LogP contribution is -2.26. The number of rotatable bonds is 25. The fourth-order valence-electron chi connectivity index (χ4n) is 6.50. The fraction of sp³-hybridized carbons (Fsp3) is 0.478. The molecule has 0 radical (unpaired) electrons. The Labute approximate surface area is 325 Å². The molecule has 0 bridgehead atoms. The van der Waals surface area contributed by atoms with E-state index in [1.807, 2.05) is 30.3 Å². The van der Waals surface area contributed by atoms with E-state index < -0.39 is 18.0 Å². The molecule has 8 heteroatoms. The quantitative estimate of drug-likeness (QED) is 0.0333. The predicted octanol–water partition coefficient (Wildman–Crippen LogP) is 13.5. The first kappa shape index (κ1) is 41.0. The minimum atomic E-state index is -0.657. The van der Waals surface area contributed by atoms with E-state index in [-0.39, 0.29) is 0 Å². The average Bonchev–Trinajstić information content (AvgIpc) is 3.75. The average molecular weight is 755 g/mol. The second kappa shape index (κ2) is 22.3. The molecular formula is C46H58O7S. The van der Waals surface area contributed by atoms with Gasteiger partial charge in [0.2, 0.25) is 0 Å². The standard InChI is InChI=1S/C46H58O7S/c1-4-6-8-10-12-14-16-18-30-49-34(3)45(47)52-39-28-29-40-41(32-39)53-42-33-43(54-44(40)42)46(48)51-38-26-22-36(23-27-38)35-20-24-37(25-21-35)50-31-19-17-15-13-11-9-7-5-2/h20-29,32-34H,4-19,30-31H2,1-3H3. The highest BCUT2D eigenvalue weighted by Gasteiger charge is 2.20. The summed E-state index contributed by atoms with van der Waals surface area (Å²) in [5.74, 6) is 0.846. The number of esters is 2. The van der Waals surface area contributed by atoms with Gasteiger partial charge in [-0.05, 0) is 67.3 Å². The molecule has 0 N–H and O–H groups in total. The first-order valence-corrected chi connectivity index (χ1v) is 21.1. The van der Waals surface area contributed by atoms with Gasteiger partial charge < -0.3 is 23.4 Å². The van der Waals surface area contributed by atoms with Crippen molar-refractivity contribution >= 4 is 44.5 Å². The van der Waals surface area contributed by atoms with Crippen LogP contribution >= 0.6 is 11.3 Å². The third kappa shape index (κ3) is 12.7. The van der Waals surface area contributed by atoms with E-state index >= 15 is 0 Å². The van der Waals surface area contributed by atoms with Gasteiger partial charge in [0, 0.05) is 24.1 Å². The van der Waals surface area contributed by atoms with Gasteiger partial charge in [0.15, 0.2) is 6.10 Å². The summed E-state index contributed by atoms with van der Waals surface area (Å²) < 4.78 is 29.9. The van der Waals surface area contributed by atoms with Crippen LogP contribution in [0.2, 0.25) is 0 Å². The zero-order valence-corrected chi connectivity index (χ0v) is 33.3. The van der Waals surface area contributed by atoms with Crippen molar-refractivity contribution < 1.29 is 33.0 Å². The van der Waals surface area contributed by atoms with Crippen LogP contribution in [0, 0.1) is 0 Å². The Morgan fingerprint density at radius 3 is 1.74 bits per heavy atom. The summed E-state index contributed by atoms with van der Waals surface area (Å²) in [4.78, 5) is 26.2. The van der Waals surface area contributed by atoms with Gasteiger partial charge in [-0.1, -0.05) is 128 Å². The van der Waals surface area contributed by atoms with Crippen LogP contribution in [0.5, 0.6) is 17.2 Å². The maximum Gasteiger partial charge on any atom is 0.353 e. The number of thiophene rings is 1. The third-order valence-electron chi connectivity index (χ3n) is 9.75. The molecule has 2 aromatic heterocycles. The molecule has 0 spiro atoms. The number of unbranched alkanes of at least 4 members (excludes halogenated alkanes) is 14. The number of hydrogen-bond acceptors (Lipinski definition) is 8. The molecule has 1 unspecified atom stereocenters. The van der Waals surface area contributed by atoms with Gasteiger partial charge in [-0.15, -0.1) is 11.3 Å². The molecule has 0 saturated heterocycles. The normalized spacial score (nSPS) is 12.0. The zero-order chi connectivity index (χ0) is 38.0. The smallest absolute Gasteiger partial charge is 0.353 e. The van der Waals surface area contributed by atoms with Crippen molar-refractivity contribution in [2.24, 2.45) is 0 Å². The van der Waals surface area contributed by atoms with Crippen LogP contribution in [-0.2, 0) is 9.53 Å². The lowest BCUT2D eigenvalue weighted by Gasteiger charge is -2.12. The van der Waals surface area contributed by atoms with Crippen molar-refractivity contribution in [3.63, 3.8) is 0 Å². The van der Waals surface area contributed by atoms with Crippen LogP contribution in [0.15, 0.2) is 77.2 Å². The molecule has 1 atom stereocenters. The van der Waals surface area contributed by atoms with Crippen molar-refractivity contribution in [1.82, 2.24) is 0 Å². The van der Waals surface area contributed by atoms with Gasteiger partial charge in [0.25, 0.3) is 0 Å². The molecule has 3 aromatic carbocycles. The Morgan fingerprint density at radius 1 is 0.593 bits per heavy atom. The molecule has 0 aliphatic heterocycles. The van der Waals surface area contributed by atoms with Crippen LogP contribution in [0.1, 0.15) is 133 Å². The van der Waals surface area contributed by atoms with Gasteiger partial charge in [-0.25, -0.2) is 9.59 Å². The van der Waals surface area contributed by atoms with Crippen LogP contribution in [0.25, 0.3) is 32.4 Å². The summed E-state index contributed by atoms with van der Waals surface area (Å²) >= 11 is 1.31. The van der Waals surface area contributed by atoms with E-state index in [4.69, 9.17) is 23.4 Å². The van der Waals surface area contributed by atoms with Gasteiger partial charge in [0.05, 0.1) is 11.3 Å². The molecule has 5 aromatic rings. The van der Waals surface area contributed by atoms with Gasteiger partial charge in [-0.3, -0.25) is 0 Å². The minimum absolute atomic E-state index is 0.387. The summed E-state index contributed by atoms with van der Waals surface area (Å²) in [6.07, 6.45) is 19.3. The summed E-state index contributed by atoms with van der Waals surface area (Å²) in [7, 11) is 0. The molecule has 0 saturated carbocycles. The molecule has 5 rings (SSSR count). The lowest BCUT2D eigenvalue weighted by molar-refractivity contribution is -0.146. The predicted molar refractivity (Wildman–Crippen MR) is 220 cm³/mol. The number of benzene rings is 3. The van der Waals surface area contributed by atoms with Gasteiger partial charge >= 0.3 is 11.9 Å². The summed E-state index contributed by atoms with van der Waals surface area (Å²) in [5, 5.41) is 0.835. The van der Waals surface area contributed by atoms with E-state index in [2.05, 4.69) is 26.0 Å². The van der Waals surface area contributed by atoms with E-state index in [0.717, 1.165) is 52.8 Å². The number of fused-ring (bicyclic) bond motifs is 3. The Balaban J connectivity index is 1.05. The topological polar surface area (TPSA) is 84.2 Å². The van der Waals surface area contributed by atoms with Crippen LogP contribution < -0.4 is 14.2 Å². The number of ether oxygens (including phenoxy) is 4. The number of carbonyl (C=O) groups excluding carboxylic acids is 2. The highest BCUT2D eigenvalue weighted by molar-refractivity contribution is 7.21. The third-order valence-corrected chi connectivity index (χ3v) is 10.9. The monoisotopic (exact) mass is 754 g/mol. The number of carbonyl (C=O) groups is 2. The minimum Gasteiger partial charge on any atom is -0.494 e. The maximum absolute atomic E-state index is 13.1. The zero-order valence-electron chi connectivity index (χ0n) is 32.5. The van der Waals surface area contributed by atoms with Crippen LogP contribution in [0.3, 0.4) is 0 Å². The van der Waals surface area contributed by atoms with E-state index in [1.54, 1.807) is 37.3 Å². The first-order valence-electron chi connectivity index (χ1n) is 20.3. The van der Waals surface area contributed by atoms with E-state index in [9.17, 15) is 9.59 Å².